The van der Waals surface area contributed by atoms with Gasteiger partial charge in [0.2, 0.25) is 0 Å². The minimum atomic E-state index is -0.600. The van der Waals surface area contributed by atoms with Crippen LogP contribution in [0, 0.1) is 13.8 Å². The Morgan fingerprint density at radius 3 is 2.41 bits per heavy atom. The Morgan fingerprint density at radius 1 is 1.06 bits per heavy atom. The molecule has 32 heavy (non-hydrogen) atoms. The number of hydrogen-bond donors (Lipinski definition) is 3. The number of rotatable bonds is 8. The van der Waals surface area contributed by atoms with Gasteiger partial charge in [0.1, 0.15) is 0 Å². The van der Waals surface area contributed by atoms with Crippen molar-refractivity contribution >= 4 is 11.6 Å². The number of carbonyl (C=O) groups excluding carboxylic acids is 1. The number of carbonyl (C=O) groups is 1. The standard InChI is InChI=1S/C26H29N3O3/c1-17-6-4-5-7-23(17)24(15-25(29-32)22-12-13-27-18(2)14-22)20-8-10-21(11-9-20)26(31)28-16-19(3)30/h4-14,19,24,30,32H,15-16H2,1-3H3,(H,28,31)/b29-25+/t19-,24+/m0/s1. The first-order valence-electron chi connectivity index (χ1n) is 10.6. The largest absolute Gasteiger partial charge is 0.411 e. The monoisotopic (exact) mass is 431 g/mol. The molecule has 0 spiro atoms. The molecular weight excluding hydrogens is 402 g/mol. The molecule has 0 fully saturated rings. The van der Waals surface area contributed by atoms with E-state index in [2.05, 4.69) is 34.5 Å². The molecule has 3 aromatic rings. The summed E-state index contributed by atoms with van der Waals surface area (Å²) in [5.41, 5.74) is 6.06. The number of nitrogens with zero attached hydrogens (tertiary/aromatic N) is 2. The maximum atomic E-state index is 12.3. The smallest absolute Gasteiger partial charge is 0.251 e. The summed E-state index contributed by atoms with van der Waals surface area (Å²) in [5, 5.41) is 25.5. The number of aromatic nitrogens is 1. The van der Waals surface area contributed by atoms with Crippen LogP contribution in [0.3, 0.4) is 0 Å². The molecule has 0 bridgehead atoms. The second-order valence-corrected chi connectivity index (χ2v) is 8.03. The third kappa shape index (κ3) is 5.80. The molecule has 6 heteroatoms. The van der Waals surface area contributed by atoms with Crippen LogP contribution in [0.2, 0.25) is 0 Å². The summed E-state index contributed by atoms with van der Waals surface area (Å²) in [5.74, 6) is -0.292. The van der Waals surface area contributed by atoms with Crippen LogP contribution in [0.15, 0.2) is 72.0 Å². The quantitative estimate of drug-likeness (QED) is 0.283. The van der Waals surface area contributed by atoms with Gasteiger partial charge in [-0.05, 0) is 61.7 Å². The van der Waals surface area contributed by atoms with E-state index >= 15 is 0 Å². The Kier molecular flexibility index (Phi) is 7.73. The number of aryl methyl sites for hydroxylation is 2. The summed E-state index contributed by atoms with van der Waals surface area (Å²) in [6, 6.07) is 19.3. The fraction of sp³-hybridized carbons (Fsp3) is 0.269. The van der Waals surface area contributed by atoms with Crippen molar-refractivity contribution in [1.82, 2.24) is 10.3 Å². The van der Waals surface area contributed by atoms with Gasteiger partial charge in [-0.2, -0.15) is 0 Å². The number of aliphatic hydroxyl groups is 1. The second-order valence-electron chi connectivity index (χ2n) is 8.03. The molecule has 3 rings (SSSR count). The molecule has 1 heterocycles. The van der Waals surface area contributed by atoms with Crippen LogP contribution in [0.4, 0.5) is 0 Å². The maximum Gasteiger partial charge on any atom is 0.251 e. The zero-order chi connectivity index (χ0) is 23.1. The highest BCUT2D eigenvalue weighted by molar-refractivity contribution is 6.01. The molecule has 0 saturated heterocycles. The fourth-order valence-corrected chi connectivity index (χ4v) is 3.73. The lowest BCUT2D eigenvalue weighted by molar-refractivity contribution is 0.0924. The third-order valence-electron chi connectivity index (χ3n) is 5.45. The van der Waals surface area contributed by atoms with Gasteiger partial charge in [-0.3, -0.25) is 9.78 Å². The van der Waals surface area contributed by atoms with Crippen LogP contribution >= 0.6 is 0 Å². The van der Waals surface area contributed by atoms with Gasteiger partial charge in [0, 0.05) is 41.9 Å². The lowest BCUT2D eigenvalue weighted by atomic mass is 9.83. The van der Waals surface area contributed by atoms with E-state index in [9.17, 15) is 15.1 Å². The zero-order valence-corrected chi connectivity index (χ0v) is 18.6. The number of pyridine rings is 1. The Hall–Kier alpha value is -3.51. The van der Waals surface area contributed by atoms with E-state index in [0.717, 1.165) is 27.9 Å². The highest BCUT2D eigenvalue weighted by Crippen LogP contribution is 2.32. The van der Waals surface area contributed by atoms with Crippen LogP contribution < -0.4 is 5.32 Å². The van der Waals surface area contributed by atoms with Crippen LogP contribution in [0.1, 0.15) is 57.6 Å². The molecule has 0 radical (unpaired) electrons. The lowest BCUT2D eigenvalue weighted by Gasteiger charge is -2.21. The van der Waals surface area contributed by atoms with E-state index < -0.39 is 6.10 Å². The predicted molar refractivity (Wildman–Crippen MR) is 125 cm³/mol. The van der Waals surface area contributed by atoms with Crippen LogP contribution in [-0.2, 0) is 0 Å². The molecule has 6 nitrogen and oxygen atoms in total. The molecule has 0 aliphatic carbocycles. The van der Waals surface area contributed by atoms with Gasteiger partial charge in [0.05, 0.1) is 11.8 Å². The molecule has 0 aliphatic rings. The van der Waals surface area contributed by atoms with E-state index in [4.69, 9.17) is 0 Å². The van der Waals surface area contributed by atoms with Gasteiger partial charge in [-0.25, -0.2) is 0 Å². The molecule has 0 unspecified atom stereocenters. The summed E-state index contributed by atoms with van der Waals surface area (Å²) >= 11 is 0. The minimum Gasteiger partial charge on any atom is -0.411 e. The van der Waals surface area contributed by atoms with Gasteiger partial charge in [0.15, 0.2) is 0 Å². The Bertz CT molecular complexity index is 1090. The van der Waals surface area contributed by atoms with Gasteiger partial charge in [-0.15, -0.1) is 0 Å². The van der Waals surface area contributed by atoms with Crippen molar-refractivity contribution in [3.05, 3.63) is 100 Å². The summed E-state index contributed by atoms with van der Waals surface area (Å²) in [6.07, 6.45) is 1.59. The van der Waals surface area contributed by atoms with Crippen LogP contribution in [0.25, 0.3) is 0 Å². The van der Waals surface area contributed by atoms with E-state index in [0.29, 0.717) is 17.7 Å². The normalized spacial score (nSPS) is 13.4. The number of nitrogens with one attached hydrogen (secondary N) is 1. The molecular formula is C26H29N3O3. The van der Waals surface area contributed by atoms with Crippen molar-refractivity contribution in [2.45, 2.75) is 39.2 Å². The molecule has 2 aromatic carbocycles. The van der Waals surface area contributed by atoms with E-state index in [1.165, 1.54) is 0 Å². The first-order valence-corrected chi connectivity index (χ1v) is 10.6. The van der Waals surface area contributed by atoms with Crippen molar-refractivity contribution in [2.75, 3.05) is 6.54 Å². The highest BCUT2D eigenvalue weighted by atomic mass is 16.4. The molecule has 0 saturated carbocycles. The molecule has 166 valence electrons. The van der Waals surface area contributed by atoms with Crippen molar-refractivity contribution in [3.8, 4) is 0 Å². The first kappa shape index (κ1) is 23.2. The van der Waals surface area contributed by atoms with Gasteiger partial charge < -0.3 is 15.6 Å². The summed E-state index contributed by atoms with van der Waals surface area (Å²) in [7, 11) is 0. The average molecular weight is 432 g/mol. The van der Waals surface area contributed by atoms with E-state index in [-0.39, 0.29) is 18.4 Å². The number of benzene rings is 2. The highest BCUT2D eigenvalue weighted by Gasteiger charge is 2.21. The lowest BCUT2D eigenvalue weighted by Crippen LogP contribution is -2.30. The maximum absolute atomic E-state index is 12.3. The number of aliphatic hydroxyl groups excluding tert-OH is 1. The second kappa shape index (κ2) is 10.7. The van der Waals surface area contributed by atoms with Crippen molar-refractivity contribution in [3.63, 3.8) is 0 Å². The minimum absolute atomic E-state index is 0.0647. The SMILES string of the molecule is Cc1cc(/C(C[C@H](c2ccc(C(=O)NC[C@H](C)O)cc2)c2ccccc2C)=N/O)ccn1. The predicted octanol–water partition coefficient (Wildman–Crippen LogP) is 4.21. The number of amides is 1. The fourth-order valence-electron chi connectivity index (χ4n) is 3.73. The van der Waals surface area contributed by atoms with Gasteiger partial charge in [-0.1, -0.05) is 41.6 Å². The molecule has 3 N–H and O–H groups in total. The molecule has 2 atom stereocenters. The Morgan fingerprint density at radius 2 is 1.78 bits per heavy atom. The van der Waals surface area contributed by atoms with Crippen molar-refractivity contribution in [2.24, 2.45) is 5.16 Å². The van der Waals surface area contributed by atoms with Crippen molar-refractivity contribution < 1.29 is 15.1 Å². The van der Waals surface area contributed by atoms with Crippen LogP contribution in [0.5, 0.6) is 0 Å². The van der Waals surface area contributed by atoms with Crippen molar-refractivity contribution in [1.29, 1.82) is 0 Å². The zero-order valence-electron chi connectivity index (χ0n) is 18.6. The summed E-state index contributed by atoms with van der Waals surface area (Å²) in [4.78, 5) is 16.5. The van der Waals surface area contributed by atoms with Crippen LogP contribution in [-0.4, -0.2) is 39.6 Å². The Labute approximate surface area is 188 Å². The van der Waals surface area contributed by atoms with Gasteiger partial charge in [0.25, 0.3) is 5.91 Å². The third-order valence-corrected chi connectivity index (χ3v) is 5.45. The molecule has 1 aromatic heterocycles. The first-order chi connectivity index (χ1) is 15.4. The van der Waals surface area contributed by atoms with Gasteiger partial charge >= 0.3 is 0 Å². The molecule has 1 amide bonds. The summed E-state index contributed by atoms with van der Waals surface area (Å²) in [6.45, 7) is 5.79. The number of hydrogen-bond acceptors (Lipinski definition) is 5. The number of oxime groups is 1. The van der Waals surface area contributed by atoms with E-state index in [1.54, 1.807) is 25.3 Å². The average Bonchev–Trinajstić information content (AvgIpc) is 2.79. The topological polar surface area (TPSA) is 94.8 Å². The Balaban J connectivity index is 1.93. The summed E-state index contributed by atoms with van der Waals surface area (Å²) < 4.78 is 0. The molecule has 0 aliphatic heterocycles. The van der Waals surface area contributed by atoms with E-state index in [1.807, 2.05) is 43.3 Å².